The second-order valence-corrected chi connectivity index (χ2v) is 8.99. The Hall–Kier alpha value is -2.81. The first-order valence-corrected chi connectivity index (χ1v) is 12.6. The minimum atomic E-state index is 0.0400. The molecule has 0 aromatic heterocycles. The van der Waals surface area contributed by atoms with E-state index >= 15 is 0 Å². The molecule has 2 unspecified atom stereocenters. The molecule has 0 saturated carbocycles. The fourth-order valence-electron chi connectivity index (χ4n) is 3.43. The SMILES string of the molecule is COc1cc(OC(C)CCSCCC(C)Oc2cc(OC)c(OC)c(OC)c2)cc(OC)c1OC. The minimum absolute atomic E-state index is 0.0400. The van der Waals surface area contributed by atoms with Crippen LogP contribution in [0.15, 0.2) is 24.3 Å². The number of methoxy groups -OCH3 is 6. The molecule has 9 heteroatoms. The van der Waals surface area contributed by atoms with Gasteiger partial charge in [-0.2, -0.15) is 11.8 Å². The molecule has 0 fully saturated rings. The first-order valence-electron chi connectivity index (χ1n) is 11.4. The lowest BCUT2D eigenvalue weighted by molar-refractivity contribution is 0.214. The van der Waals surface area contributed by atoms with Crippen molar-refractivity contribution >= 4 is 11.8 Å². The molecule has 35 heavy (non-hydrogen) atoms. The van der Waals surface area contributed by atoms with Gasteiger partial charge in [0.1, 0.15) is 11.5 Å². The van der Waals surface area contributed by atoms with Crippen molar-refractivity contribution < 1.29 is 37.9 Å². The summed E-state index contributed by atoms with van der Waals surface area (Å²) in [6, 6.07) is 7.25. The van der Waals surface area contributed by atoms with Gasteiger partial charge < -0.3 is 37.9 Å². The molecule has 0 spiro atoms. The molecule has 0 N–H and O–H groups in total. The second kappa shape index (κ2) is 14.6. The molecule has 0 aliphatic rings. The number of hydrogen-bond acceptors (Lipinski definition) is 9. The highest BCUT2D eigenvalue weighted by atomic mass is 32.2. The van der Waals surface area contributed by atoms with E-state index in [0.717, 1.165) is 24.3 Å². The lowest BCUT2D eigenvalue weighted by Crippen LogP contribution is -2.15. The summed E-state index contributed by atoms with van der Waals surface area (Å²) in [5.74, 6) is 6.71. The van der Waals surface area contributed by atoms with Crippen LogP contribution in [0.25, 0.3) is 0 Å². The lowest BCUT2D eigenvalue weighted by Gasteiger charge is -2.19. The Bertz CT molecular complexity index is 797. The molecule has 2 rings (SSSR count). The molecular formula is C26H38O8S. The van der Waals surface area contributed by atoms with Crippen molar-refractivity contribution in [3.63, 3.8) is 0 Å². The van der Waals surface area contributed by atoms with Gasteiger partial charge >= 0.3 is 0 Å². The highest BCUT2D eigenvalue weighted by Crippen LogP contribution is 2.42. The number of benzene rings is 2. The molecule has 0 heterocycles. The summed E-state index contributed by atoms with van der Waals surface area (Å²) in [4.78, 5) is 0. The van der Waals surface area contributed by atoms with Crippen LogP contribution in [-0.2, 0) is 0 Å². The zero-order valence-corrected chi connectivity index (χ0v) is 22.8. The van der Waals surface area contributed by atoms with Gasteiger partial charge in [-0.25, -0.2) is 0 Å². The molecular weight excluding hydrogens is 472 g/mol. The van der Waals surface area contributed by atoms with Crippen LogP contribution >= 0.6 is 11.8 Å². The average Bonchev–Trinajstić information content (AvgIpc) is 2.86. The van der Waals surface area contributed by atoms with E-state index in [-0.39, 0.29) is 12.2 Å². The summed E-state index contributed by atoms with van der Waals surface area (Å²) >= 11 is 1.88. The van der Waals surface area contributed by atoms with E-state index in [4.69, 9.17) is 37.9 Å². The predicted octanol–water partition coefficient (Wildman–Crippen LogP) is 5.49. The lowest BCUT2D eigenvalue weighted by atomic mass is 10.2. The third-order valence-electron chi connectivity index (χ3n) is 5.29. The zero-order chi connectivity index (χ0) is 25.8. The van der Waals surface area contributed by atoms with E-state index < -0.39 is 0 Å². The van der Waals surface area contributed by atoms with Crippen molar-refractivity contribution in [3.05, 3.63) is 24.3 Å². The largest absolute Gasteiger partial charge is 0.493 e. The smallest absolute Gasteiger partial charge is 0.203 e. The number of hydrogen-bond donors (Lipinski definition) is 0. The van der Waals surface area contributed by atoms with E-state index in [1.807, 2.05) is 36.0 Å². The maximum atomic E-state index is 6.08. The second-order valence-electron chi connectivity index (χ2n) is 7.77. The molecule has 2 aromatic rings. The molecule has 0 saturated heterocycles. The monoisotopic (exact) mass is 510 g/mol. The third kappa shape index (κ3) is 8.13. The summed E-state index contributed by atoms with van der Waals surface area (Å²) in [5.41, 5.74) is 0. The molecule has 0 aliphatic carbocycles. The van der Waals surface area contributed by atoms with Gasteiger partial charge in [-0.3, -0.25) is 0 Å². The number of ether oxygens (including phenoxy) is 8. The van der Waals surface area contributed by atoms with Crippen LogP contribution in [0.1, 0.15) is 26.7 Å². The van der Waals surface area contributed by atoms with Gasteiger partial charge in [-0.15, -0.1) is 0 Å². The van der Waals surface area contributed by atoms with Crippen LogP contribution in [0, 0.1) is 0 Å². The van der Waals surface area contributed by atoms with Crippen LogP contribution < -0.4 is 37.9 Å². The van der Waals surface area contributed by atoms with Crippen LogP contribution in [-0.4, -0.2) is 66.4 Å². The van der Waals surface area contributed by atoms with Gasteiger partial charge in [-0.1, -0.05) is 0 Å². The molecule has 2 aromatic carbocycles. The Labute approximate surface area is 213 Å². The molecule has 196 valence electrons. The first-order chi connectivity index (χ1) is 16.9. The standard InChI is InChI=1S/C26H38O8S/c1-17(33-19-13-21(27-3)25(31-7)22(14-19)28-4)9-11-35-12-10-18(2)34-20-15-23(29-5)26(32-8)24(16-20)30-6/h13-18H,9-12H2,1-8H3. The fraction of sp³-hybridized carbons (Fsp3) is 0.538. The van der Waals surface area contributed by atoms with Crippen molar-refractivity contribution in [1.29, 1.82) is 0 Å². The Kier molecular flexibility index (Phi) is 11.8. The summed E-state index contributed by atoms with van der Waals surface area (Å²) in [7, 11) is 9.52. The fourth-order valence-corrected chi connectivity index (χ4v) is 4.63. The van der Waals surface area contributed by atoms with Crippen LogP contribution in [0.5, 0.6) is 46.0 Å². The normalized spacial score (nSPS) is 12.3. The van der Waals surface area contributed by atoms with E-state index in [1.54, 1.807) is 42.7 Å². The number of rotatable bonds is 16. The molecule has 2 atom stereocenters. The van der Waals surface area contributed by atoms with Crippen molar-refractivity contribution in [3.8, 4) is 46.0 Å². The minimum Gasteiger partial charge on any atom is -0.493 e. The van der Waals surface area contributed by atoms with Gasteiger partial charge in [0.05, 0.1) is 54.9 Å². The van der Waals surface area contributed by atoms with Gasteiger partial charge in [0, 0.05) is 24.3 Å². The molecule has 0 aliphatic heterocycles. The summed E-state index contributed by atoms with van der Waals surface area (Å²) in [5, 5.41) is 0. The maximum absolute atomic E-state index is 6.08. The highest BCUT2D eigenvalue weighted by Gasteiger charge is 2.17. The number of thioether (sulfide) groups is 1. The summed E-state index contributed by atoms with van der Waals surface area (Å²) < 4.78 is 44.5. The van der Waals surface area contributed by atoms with Crippen LogP contribution in [0.4, 0.5) is 0 Å². The van der Waals surface area contributed by atoms with Gasteiger partial charge in [0.2, 0.25) is 11.5 Å². The molecule has 0 radical (unpaired) electrons. The molecule has 0 bridgehead atoms. The summed E-state index contributed by atoms with van der Waals surface area (Å²) in [6.45, 7) is 4.11. The topological polar surface area (TPSA) is 73.8 Å². The Morgan fingerprint density at radius 1 is 0.543 bits per heavy atom. The predicted molar refractivity (Wildman–Crippen MR) is 139 cm³/mol. The first kappa shape index (κ1) is 28.4. The van der Waals surface area contributed by atoms with Crippen LogP contribution in [0.2, 0.25) is 0 Å². The van der Waals surface area contributed by atoms with Crippen molar-refractivity contribution in [2.45, 2.75) is 38.9 Å². The van der Waals surface area contributed by atoms with Crippen molar-refractivity contribution in [2.75, 3.05) is 54.2 Å². The summed E-state index contributed by atoms with van der Waals surface area (Å²) in [6.07, 6.45) is 1.89. The maximum Gasteiger partial charge on any atom is 0.203 e. The van der Waals surface area contributed by atoms with Crippen LogP contribution in [0.3, 0.4) is 0 Å². The quantitative estimate of drug-likeness (QED) is 0.273. The molecule has 0 amide bonds. The van der Waals surface area contributed by atoms with Crippen molar-refractivity contribution in [1.82, 2.24) is 0 Å². The van der Waals surface area contributed by atoms with E-state index in [0.29, 0.717) is 46.0 Å². The third-order valence-corrected chi connectivity index (χ3v) is 6.34. The Morgan fingerprint density at radius 2 is 0.857 bits per heavy atom. The van der Waals surface area contributed by atoms with E-state index in [2.05, 4.69) is 13.8 Å². The molecule has 8 nitrogen and oxygen atoms in total. The van der Waals surface area contributed by atoms with Gasteiger partial charge in [-0.05, 0) is 38.2 Å². The zero-order valence-electron chi connectivity index (χ0n) is 22.0. The van der Waals surface area contributed by atoms with Gasteiger partial charge in [0.15, 0.2) is 23.0 Å². The highest BCUT2D eigenvalue weighted by molar-refractivity contribution is 7.99. The van der Waals surface area contributed by atoms with E-state index in [1.165, 1.54) is 0 Å². The average molecular weight is 511 g/mol. The Balaban J connectivity index is 1.78. The Morgan fingerprint density at radius 3 is 1.11 bits per heavy atom. The van der Waals surface area contributed by atoms with Gasteiger partial charge in [0.25, 0.3) is 0 Å². The van der Waals surface area contributed by atoms with Crippen molar-refractivity contribution in [2.24, 2.45) is 0 Å². The van der Waals surface area contributed by atoms with E-state index in [9.17, 15) is 0 Å².